The summed E-state index contributed by atoms with van der Waals surface area (Å²) in [6.07, 6.45) is 0. The van der Waals surface area contributed by atoms with Crippen molar-refractivity contribution in [1.82, 2.24) is 0 Å². The number of benzene rings is 3. The molecule has 3 aromatic carbocycles. The second-order valence-corrected chi connectivity index (χ2v) is 3.50. The van der Waals surface area contributed by atoms with Crippen LogP contribution in [0.1, 0.15) is 1.43 Å². The van der Waals surface area contributed by atoms with E-state index in [9.17, 15) is 0 Å². The maximum atomic E-state index is 2.12. The molecule has 0 spiro atoms. The van der Waals surface area contributed by atoms with Crippen molar-refractivity contribution in [3.05, 3.63) is 84.9 Å². The SMILES string of the molecule is [H-].[Na+].c1ccc2ccccc2c1.c1ccccc1. The predicted octanol–water partition coefficient (Wildman–Crippen LogP) is 1.64. The maximum absolute atomic E-state index is 2.12. The smallest absolute Gasteiger partial charge is 1.00 e. The molecule has 80 valence electrons. The van der Waals surface area contributed by atoms with Gasteiger partial charge in [-0.05, 0) is 10.8 Å². The molecular formula is C16H15Na. The molecule has 0 saturated heterocycles. The van der Waals surface area contributed by atoms with Gasteiger partial charge in [0.25, 0.3) is 0 Å². The Labute approximate surface area is 126 Å². The van der Waals surface area contributed by atoms with Crippen LogP contribution in [0.4, 0.5) is 0 Å². The second kappa shape index (κ2) is 8.08. The van der Waals surface area contributed by atoms with Gasteiger partial charge in [-0.1, -0.05) is 84.9 Å². The van der Waals surface area contributed by atoms with E-state index in [-0.39, 0.29) is 31.0 Å². The summed E-state index contributed by atoms with van der Waals surface area (Å²) < 4.78 is 0. The Morgan fingerprint density at radius 1 is 0.412 bits per heavy atom. The van der Waals surface area contributed by atoms with Crippen LogP contribution in [0.5, 0.6) is 0 Å². The van der Waals surface area contributed by atoms with Gasteiger partial charge in [0.1, 0.15) is 0 Å². The van der Waals surface area contributed by atoms with E-state index >= 15 is 0 Å². The van der Waals surface area contributed by atoms with Crippen molar-refractivity contribution in [2.75, 3.05) is 0 Å². The summed E-state index contributed by atoms with van der Waals surface area (Å²) in [7, 11) is 0. The molecule has 3 aromatic rings. The molecule has 0 radical (unpaired) electrons. The van der Waals surface area contributed by atoms with Crippen molar-refractivity contribution < 1.29 is 31.0 Å². The molecule has 0 aliphatic heterocycles. The Hall–Kier alpha value is -1.08. The molecule has 0 aliphatic carbocycles. The van der Waals surface area contributed by atoms with Crippen LogP contribution in [0, 0.1) is 0 Å². The standard InChI is InChI=1S/C10H8.C6H6.Na.H/c1-2-6-10-8-4-3-7-9(10)5-1;1-2-4-6-5-3-1;;/h1-8H;1-6H;;/q;;+1;-1. The Morgan fingerprint density at radius 2 is 0.647 bits per heavy atom. The van der Waals surface area contributed by atoms with E-state index in [0.717, 1.165) is 0 Å². The van der Waals surface area contributed by atoms with Gasteiger partial charge < -0.3 is 1.43 Å². The van der Waals surface area contributed by atoms with Gasteiger partial charge in [0.05, 0.1) is 0 Å². The molecule has 0 nitrogen and oxygen atoms in total. The summed E-state index contributed by atoms with van der Waals surface area (Å²) in [6, 6.07) is 28.7. The molecule has 0 bridgehead atoms. The zero-order valence-corrected chi connectivity index (χ0v) is 12.1. The quantitative estimate of drug-likeness (QED) is 0.515. The van der Waals surface area contributed by atoms with Crippen molar-refractivity contribution in [3.63, 3.8) is 0 Å². The summed E-state index contributed by atoms with van der Waals surface area (Å²) in [5, 5.41) is 2.62. The monoisotopic (exact) mass is 230 g/mol. The first kappa shape index (κ1) is 14.0. The molecule has 0 amide bonds. The van der Waals surface area contributed by atoms with E-state index in [1.807, 2.05) is 36.4 Å². The molecule has 0 fully saturated rings. The third-order valence-corrected chi connectivity index (χ3v) is 2.33. The summed E-state index contributed by atoms with van der Waals surface area (Å²) >= 11 is 0. The number of rotatable bonds is 0. The van der Waals surface area contributed by atoms with Crippen LogP contribution < -0.4 is 29.6 Å². The van der Waals surface area contributed by atoms with E-state index in [4.69, 9.17) is 0 Å². The first-order valence-corrected chi connectivity index (χ1v) is 5.40. The van der Waals surface area contributed by atoms with E-state index in [2.05, 4.69) is 48.5 Å². The number of hydrogen-bond acceptors (Lipinski definition) is 0. The third kappa shape index (κ3) is 4.74. The van der Waals surface area contributed by atoms with Gasteiger partial charge in [-0.2, -0.15) is 0 Å². The topological polar surface area (TPSA) is 0 Å². The minimum atomic E-state index is 0. The van der Waals surface area contributed by atoms with Gasteiger partial charge in [0.2, 0.25) is 0 Å². The third-order valence-electron chi connectivity index (χ3n) is 2.33. The fourth-order valence-electron chi connectivity index (χ4n) is 1.52. The molecule has 0 saturated carbocycles. The van der Waals surface area contributed by atoms with Crippen LogP contribution in [0.3, 0.4) is 0 Å². The predicted molar refractivity (Wildman–Crippen MR) is 71.5 cm³/mol. The number of fused-ring (bicyclic) bond motifs is 1. The molecule has 0 aliphatic rings. The Balaban J connectivity index is 0.000000319. The summed E-state index contributed by atoms with van der Waals surface area (Å²) in [5.41, 5.74) is 0. The minimum Gasteiger partial charge on any atom is -1.00 e. The van der Waals surface area contributed by atoms with Crippen molar-refractivity contribution in [3.8, 4) is 0 Å². The van der Waals surface area contributed by atoms with Crippen molar-refractivity contribution in [2.45, 2.75) is 0 Å². The van der Waals surface area contributed by atoms with Crippen LogP contribution in [-0.4, -0.2) is 0 Å². The molecule has 17 heavy (non-hydrogen) atoms. The molecule has 1 heteroatoms. The second-order valence-electron chi connectivity index (χ2n) is 3.50. The van der Waals surface area contributed by atoms with Crippen LogP contribution in [0.2, 0.25) is 0 Å². The van der Waals surface area contributed by atoms with Crippen molar-refractivity contribution in [1.29, 1.82) is 0 Å². The Morgan fingerprint density at radius 3 is 0.882 bits per heavy atom. The molecule has 0 atom stereocenters. The first-order chi connectivity index (χ1) is 7.97. The summed E-state index contributed by atoms with van der Waals surface area (Å²) in [6.45, 7) is 0. The van der Waals surface area contributed by atoms with E-state index in [0.29, 0.717) is 0 Å². The van der Waals surface area contributed by atoms with Crippen molar-refractivity contribution >= 4 is 10.8 Å². The van der Waals surface area contributed by atoms with Crippen LogP contribution >= 0.6 is 0 Å². The Kier molecular flexibility index (Phi) is 6.64. The zero-order chi connectivity index (χ0) is 11.1. The first-order valence-electron chi connectivity index (χ1n) is 5.40. The van der Waals surface area contributed by atoms with E-state index in [1.165, 1.54) is 10.8 Å². The molecular weight excluding hydrogens is 215 g/mol. The fourth-order valence-corrected chi connectivity index (χ4v) is 1.52. The van der Waals surface area contributed by atoms with Gasteiger partial charge in [-0.25, -0.2) is 0 Å². The normalized spacial score (nSPS) is 8.71. The zero-order valence-electron chi connectivity index (χ0n) is 11.1. The molecule has 0 aromatic heterocycles. The minimum absolute atomic E-state index is 0. The van der Waals surface area contributed by atoms with E-state index in [1.54, 1.807) is 0 Å². The fraction of sp³-hybridized carbons (Fsp3) is 0. The van der Waals surface area contributed by atoms with Crippen LogP contribution in [0.25, 0.3) is 10.8 Å². The average Bonchev–Trinajstić information content (AvgIpc) is 2.42. The van der Waals surface area contributed by atoms with Crippen LogP contribution in [-0.2, 0) is 0 Å². The van der Waals surface area contributed by atoms with Gasteiger partial charge in [0.15, 0.2) is 0 Å². The summed E-state index contributed by atoms with van der Waals surface area (Å²) in [4.78, 5) is 0. The van der Waals surface area contributed by atoms with Crippen molar-refractivity contribution in [2.24, 2.45) is 0 Å². The molecule has 0 heterocycles. The number of hydrogen-bond donors (Lipinski definition) is 0. The summed E-state index contributed by atoms with van der Waals surface area (Å²) in [5.74, 6) is 0. The van der Waals surface area contributed by atoms with Gasteiger partial charge in [0, 0.05) is 0 Å². The van der Waals surface area contributed by atoms with Gasteiger partial charge in [-0.15, -0.1) is 0 Å². The average molecular weight is 230 g/mol. The van der Waals surface area contributed by atoms with Crippen LogP contribution in [0.15, 0.2) is 84.9 Å². The molecule has 3 rings (SSSR count). The Bertz CT molecular complexity index is 445. The molecule has 0 unspecified atom stereocenters. The maximum Gasteiger partial charge on any atom is 1.00 e. The largest absolute Gasteiger partial charge is 1.00 e. The van der Waals surface area contributed by atoms with E-state index < -0.39 is 0 Å². The van der Waals surface area contributed by atoms with Gasteiger partial charge >= 0.3 is 29.6 Å². The molecule has 0 N–H and O–H groups in total. The van der Waals surface area contributed by atoms with Gasteiger partial charge in [-0.3, -0.25) is 0 Å².